The zero-order valence-electron chi connectivity index (χ0n) is 20.9. The number of halogens is 6. The summed E-state index contributed by atoms with van der Waals surface area (Å²) >= 11 is 0. The molecule has 214 valence electrons. The highest BCUT2D eigenvalue weighted by Crippen LogP contribution is 2.32. The Kier molecular flexibility index (Phi) is 7.88. The van der Waals surface area contributed by atoms with Gasteiger partial charge in [0, 0.05) is 57.2 Å². The predicted molar refractivity (Wildman–Crippen MR) is 131 cm³/mol. The highest BCUT2D eigenvalue weighted by molar-refractivity contribution is 5.94. The molecule has 0 bridgehead atoms. The summed E-state index contributed by atoms with van der Waals surface area (Å²) in [6.45, 7) is 2.49. The normalized spacial score (nSPS) is 15.2. The van der Waals surface area contributed by atoms with Crippen molar-refractivity contribution in [1.29, 1.82) is 0 Å². The number of piperazine rings is 1. The van der Waals surface area contributed by atoms with E-state index >= 15 is 0 Å². The molecule has 40 heavy (non-hydrogen) atoms. The van der Waals surface area contributed by atoms with Gasteiger partial charge in [-0.1, -0.05) is 0 Å². The molecule has 3 aromatic rings. The lowest BCUT2D eigenvalue weighted by molar-refractivity contribution is -0.138. The zero-order chi connectivity index (χ0) is 29.2. The number of aromatic nitrogens is 4. The van der Waals surface area contributed by atoms with Crippen LogP contribution in [0.5, 0.6) is 0 Å². The fourth-order valence-electron chi connectivity index (χ4n) is 4.26. The van der Waals surface area contributed by atoms with E-state index in [2.05, 4.69) is 15.4 Å². The largest absolute Gasteiger partial charge is 0.423 e. The highest BCUT2D eigenvalue weighted by Gasteiger charge is 2.37. The van der Waals surface area contributed by atoms with Gasteiger partial charge in [0.25, 0.3) is 17.0 Å². The van der Waals surface area contributed by atoms with Gasteiger partial charge in [0.1, 0.15) is 11.4 Å². The van der Waals surface area contributed by atoms with E-state index in [0.29, 0.717) is 18.9 Å². The van der Waals surface area contributed by atoms with Crippen LogP contribution in [0.1, 0.15) is 28.4 Å². The van der Waals surface area contributed by atoms with Crippen LogP contribution in [0.25, 0.3) is 0 Å². The molecule has 1 atom stereocenters. The van der Waals surface area contributed by atoms with Crippen LogP contribution in [-0.4, -0.2) is 62.8 Å². The molecule has 0 aliphatic carbocycles. The first kappa shape index (κ1) is 28.6. The second kappa shape index (κ2) is 11.0. The van der Waals surface area contributed by atoms with Gasteiger partial charge in [0.05, 0.1) is 23.0 Å². The lowest BCUT2D eigenvalue weighted by atomic mass is 10.2. The quantitative estimate of drug-likeness (QED) is 0.438. The van der Waals surface area contributed by atoms with E-state index in [0.717, 1.165) is 24.5 Å². The number of nitrogens with one attached hydrogen (secondary N) is 2. The molecule has 4 heterocycles. The van der Waals surface area contributed by atoms with Crippen molar-refractivity contribution in [1.82, 2.24) is 24.6 Å². The standard InChI is InChI=1S/C24H23F6N7O3/c1-14(33-17-11-32-34-21(39)20(17)24(28,29)30)12-37-13-15(2-5-19(37)38)22(40)36-8-6-35(7-9-36)18-4-3-16(10-31-18)23(25,26)27/h2-5,10-11,13-14H,6-9,12H2,1H3,(H2,33,34,39)/t14-/m0/s1. The number of pyridine rings is 2. The van der Waals surface area contributed by atoms with Gasteiger partial charge in [-0.05, 0) is 25.1 Å². The third kappa shape index (κ3) is 6.43. The van der Waals surface area contributed by atoms with Crippen LogP contribution in [0.15, 0.2) is 52.4 Å². The Hall–Kier alpha value is -4.37. The molecule has 3 aromatic heterocycles. The summed E-state index contributed by atoms with van der Waals surface area (Å²) in [4.78, 5) is 44.3. The van der Waals surface area contributed by atoms with Crippen LogP contribution >= 0.6 is 0 Å². The molecule has 0 unspecified atom stereocenters. The Morgan fingerprint density at radius 2 is 1.70 bits per heavy atom. The van der Waals surface area contributed by atoms with Gasteiger partial charge in [-0.25, -0.2) is 10.1 Å². The molecule has 16 heteroatoms. The first-order valence-electron chi connectivity index (χ1n) is 11.9. The van der Waals surface area contributed by atoms with Crippen molar-refractivity contribution in [3.05, 3.63) is 80.3 Å². The first-order valence-corrected chi connectivity index (χ1v) is 11.9. The maximum Gasteiger partial charge on any atom is 0.423 e. The van der Waals surface area contributed by atoms with Crippen LogP contribution in [0.2, 0.25) is 0 Å². The van der Waals surface area contributed by atoms with Crippen molar-refractivity contribution in [3.8, 4) is 0 Å². The van der Waals surface area contributed by atoms with Gasteiger partial charge in [-0.3, -0.25) is 14.4 Å². The minimum Gasteiger partial charge on any atom is -0.379 e. The van der Waals surface area contributed by atoms with E-state index in [1.165, 1.54) is 34.7 Å². The van der Waals surface area contributed by atoms with Crippen molar-refractivity contribution >= 4 is 17.4 Å². The number of carbonyl (C=O) groups is 1. The topological polar surface area (TPSA) is 116 Å². The minimum atomic E-state index is -4.94. The SMILES string of the molecule is C[C@@H](Cn1cc(C(=O)N2CCN(c3ccc(C(F)(F)F)cn3)CC2)ccc1=O)Nc1cn[nH]c(=O)c1C(F)(F)F. The number of rotatable bonds is 6. The second-order valence-electron chi connectivity index (χ2n) is 9.12. The molecule has 0 radical (unpaired) electrons. The lowest BCUT2D eigenvalue weighted by Crippen LogP contribution is -2.49. The molecular formula is C24H23F6N7O3. The van der Waals surface area contributed by atoms with Crippen LogP contribution in [-0.2, 0) is 18.9 Å². The summed E-state index contributed by atoms with van der Waals surface area (Å²) < 4.78 is 79.5. The molecule has 1 saturated heterocycles. The van der Waals surface area contributed by atoms with Crippen molar-refractivity contribution in [2.24, 2.45) is 0 Å². The zero-order valence-corrected chi connectivity index (χ0v) is 20.9. The third-order valence-corrected chi connectivity index (χ3v) is 6.21. The summed E-state index contributed by atoms with van der Waals surface area (Å²) in [6, 6.07) is 3.94. The number of hydrogen-bond donors (Lipinski definition) is 2. The van der Waals surface area contributed by atoms with Gasteiger partial charge in [0.15, 0.2) is 0 Å². The highest BCUT2D eigenvalue weighted by atomic mass is 19.4. The van der Waals surface area contributed by atoms with Crippen LogP contribution in [0, 0.1) is 0 Å². The summed E-state index contributed by atoms with van der Waals surface area (Å²) in [5, 5.41) is 7.68. The average Bonchev–Trinajstić information content (AvgIpc) is 2.88. The van der Waals surface area contributed by atoms with Crippen molar-refractivity contribution in [3.63, 3.8) is 0 Å². The number of alkyl halides is 6. The fourth-order valence-corrected chi connectivity index (χ4v) is 4.26. The monoisotopic (exact) mass is 571 g/mol. The number of anilines is 2. The maximum atomic E-state index is 13.3. The average molecular weight is 571 g/mol. The molecule has 1 amide bonds. The number of hydrogen-bond acceptors (Lipinski definition) is 7. The van der Waals surface area contributed by atoms with Crippen LogP contribution in [0.4, 0.5) is 37.8 Å². The lowest BCUT2D eigenvalue weighted by Gasteiger charge is -2.35. The van der Waals surface area contributed by atoms with E-state index in [-0.39, 0.29) is 25.2 Å². The summed E-state index contributed by atoms with van der Waals surface area (Å²) in [5.41, 5.74) is -4.60. The van der Waals surface area contributed by atoms with Crippen molar-refractivity contribution in [2.75, 3.05) is 36.4 Å². The van der Waals surface area contributed by atoms with Crippen LogP contribution < -0.4 is 21.3 Å². The predicted octanol–water partition coefficient (Wildman–Crippen LogP) is 2.83. The Bertz CT molecular complexity index is 1480. The third-order valence-electron chi connectivity index (χ3n) is 6.21. The molecule has 1 aliphatic rings. The second-order valence-corrected chi connectivity index (χ2v) is 9.12. The van der Waals surface area contributed by atoms with Crippen molar-refractivity contribution < 1.29 is 31.1 Å². The smallest absolute Gasteiger partial charge is 0.379 e. The Morgan fingerprint density at radius 1 is 1.00 bits per heavy atom. The summed E-state index contributed by atoms with van der Waals surface area (Å²) in [5.74, 6) is -0.0491. The summed E-state index contributed by atoms with van der Waals surface area (Å²) in [7, 11) is 0. The number of nitrogens with zero attached hydrogens (tertiary/aromatic N) is 5. The summed E-state index contributed by atoms with van der Waals surface area (Å²) in [6.07, 6.45) is -6.56. The molecule has 1 fully saturated rings. The van der Waals surface area contributed by atoms with E-state index in [9.17, 15) is 40.7 Å². The van der Waals surface area contributed by atoms with Crippen molar-refractivity contribution in [2.45, 2.75) is 31.9 Å². The molecule has 1 aliphatic heterocycles. The fraction of sp³-hybridized carbons (Fsp3) is 0.375. The first-order chi connectivity index (χ1) is 18.7. The minimum absolute atomic E-state index is 0.128. The maximum absolute atomic E-state index is 13.3. The Balaban J connectivity index is 1.41. The molecule has 10 nitrogen and oxygen atoms in total. The van der Waals surface area contributed by atoms with Gasteiger partial charge < -0.3 is 19.7 Å². The number of aromatic amines is 1. The Labute approximate surface area is 222 Å². The number of carbonyl (C=O) groups excluding carboxylic acids is 1. The van der Waals surface area contributed by atoms with E-state index in [1.54, 1.807) is 10.00 Å². The molecule has 0 aromatic carbocycles. The van der Waals surface area contributed by atoms with E-state index < -0.39 is 52.2 Å². The molecular weight excluding hydrogens is 548 g/mol. The number of H-pyrrole nitrogens is 1. The van der Waals surface area contributed by atoms with Gasteiger partial charge >= 0.3 is 12.4 Å². The molecule has 0 spiro atoms. The van der Waals surface area contributed by atoms with E-state index in [4.69, 9.17) is 0 Å². The molecule has 4 rings (SSSR count). The van der Waals surface area contributed by atoms with Crippen LogP contribution in [0.3, 0.4) is 0 Å². The van der Waals surface area contributed by atoms with Gasteiger partial charge in [0.2, 0.25) is 0 Å². The Morgan fingerprint density at radius 3 is 2.30 bits per heavy atom. The molecule has 0 saturated carbocycles. The van der Waals surface area contributed by atoms with Gasteiger partial charge in [-0.2, -0.15) is 31.4 Å². The van der Waals surface area contributed by atoms with Gasteiger partial charge in [-0.15, -0.1) is 0 Å². The van der Waals surface area contributed by atoms with E-state index in [1.807, 2.05) is 0 Å². The number of amides is 1. The molecule has 2 N–H and O–H groups in total.